The van der Waals surface area contributed by atoms with Crippen molar-refractivity contribution in [3.8, 4) is 0 Å². The summed E-state index contributed by atoms with van der Waals surface area (Å²) in [6.07, 6.45) is 4.32. The number of nitrogens with zero attached hydrogens (tertiary/aromatic N) is 3. The van der Waals surface area contributed by atoms with Gasteiger partial charge in [-0.05, 0) is 37.7 Å². The molecule has 1 aliphatic heterocycles. The Kier molecular flexibility index (Phi) is 5.78. The number of rotatable bonds is 6. The first-order chi connectivity index (χ1) is 13.8. The van der Waals surface area contributed by atoms with Crippen LogP contribution in [0.4, 0.5) is 0 Å². The van der Waals surface area contributed by atoms with E-state index in [1.807, 2.05) is 6.92 Å². The Balaban J connectivity index is 1.53. The van der Waals surface area contributed by atoms with Crippen LogP contribution in [0.5, 0.6) is 0 Å². The third-order valence-electron chi connectivity index (χ3n) is 5.66. The molecule has 1 amide bonds. The molecule has 0 unspecified atom stereocenters. The first kappa shape index (κ1) is 20.9. The van der Waals surface area contributed by atoms with Crippen LogP contribution in [0.25, 0.3) is 10.2 Å². The van der Waals surface area contributed by atoms with Crippen molar-refractivity contribution < 1.29 is 13.2 Å². The van der Waals surface area contributed by atoms with Crippen molar-refractivity contribution in [1.29, 1.82) is 0 Å². The molecule has 0 N–H and O–H groups in total. The van der Waals surface area contributed by atoms with Crippen LogP contribution in [-0.2, 0) is 34.5 Å². The SMILES string of the molecule is CCCN(C(=O)CSc1nc2sc3c(c2c(=O)n1C)CCC3)[C@H]1CCS(=O)(=O)C1. The zero-order valence-electron chi connectivity index (χ0n) is 16.6. The summed E-state index contributed by atoms with van der Waals surface area (Å²) in [6.45, 7) is 2.52. The maximum Gasteiger partial charge on any atom is 0.262 e. The van der Waals surface area contributed by atoms with Gasteiger partial charge in [0.05, 0.1) is 22.6 Å². The summed E-state index contributed by atoms with van der Waals surface area (Å²) in [4.78, 5) is 34.2. The average Bonchev–Trinajstić information content (AvgIpc) is 3.35. The van der Waals surface area contributed by atoms with Gasteiger partial charge in [0.25, 0.3) is 5.56 Å². The Morgan fingerprint density at radius 1 is 1.38 bits per heavy atom. The molecule has 7 nitrogen and oxygen atoms in total. The summed E-state index contributed by atoms with van der Waals surface area (Å²) < 4.78 is 25.2. The lowest BCUT2D eigenvalue weighted by Crippen LogP contribution is -2.42. The minimum atomic E-state index is -3.05. The second kappa shape index (κ2) is 8.03. The Labute approximate surface area is 178 Å². The van der Waals surface area contributed by atoms with Gasteiger partial charge in [0.1, 0.15) is 4.83 Å². The van der Waals surface area contributed by atoms with Crippen molar-refractivity contribution >= 4 is 49.1 Å². The molecule has 0 bridgehead atoms. The molecule has 158 valence electrons. The van der Waals surface area contributed by atoms with E-state index in [0.717, 1.165) is 41.5 Å². The summed E-state index contributed by atoms with van der Waals surface area (Å²) in [6, 6.07) is -0.243. The molecule has 29 heavy (non-hydrogen) atoms. The number of aryl methyl sites for hydroxylation is 2. The van der Waals surface area contributed by atoms with Crippen molar-refractivity contribution in [1.82, 2.24) is 14.5 Å². The van der Waals surface area contributed by atoms with E-state index >= 15 is 0 Å². The maximum atomic E-state index is 12.9. The number of aromatic nitrogens is 2. The molecule has 2 aromatic rings. The molecule has 3 heterocycles. The van der Waals surface area contributed by atoms with Crippen LogP contribution in [0.15, 0.2) is 9.95 Å². The number of amides is 1. The molecule has 1 aliphatic carbocycles. The lowest BCUT2D eigenvalue weighted by molar-refractivity contribution is -0.130. The van der Waals surface area contributed by atoms with Crippen molar-refractivity contribution in [3.63, 3.8) is 0 Å². The van der Waals surface area contributed by atoms with Gasteiger partial charge in [-0.1, -0.05) is 18.7 Å². The van der Waals surface area contributed by atoms with Crippen molar-refractivity contribution in [2.75, 3.05) is 23.8 Å². The van der Waals surface area contributed by atoms with Crippen LogP contribution in [0, 0.1) is 0 Å². The Hall–Kier alpha value is -1.39. The molecule has 0 radical (unpaired) electrons. The van der Waals surface area contributed by atoms with E-state index in [9.17, 15) is 18.0 Å². The quantitative estimate of drug-likeness (QED) is 0.489. The Morgan fingerprint density at radius 2 is 2.17 bits per heavy atom. The van der Waals surface area contributed by atoms with Crippen LogP contribution < -0.4 is 5.56 Å². The zero-order valence-corrected chi connectivity index (χ0v) is 19.1. The minimum absolute atomic E-state index is 0.0448. The molecule has 1 saturated heterocycles. The Bertz CT molecular complexity index is 1120. The summed E-state index contributed by atoms with van der Waals surface area (Å²) in [5.41, 5.74) is 1.11. The van der Waals surface area contributed by atoms with Gasteiger partial charge in [0.2, 0.25) is 5.91 Å². The molecule has 2 aromatic heterocycles. The second-order valence-electron chi connectivity index (χ2n) is 7.73. The molecule has 10 heteroatoms. The van der Waals surface area contributed by atoms with Gasteiger partial charge in [0, 0.05) is 24.5 Å². The second-order valence-corrected chi connectivity index (χ2v) is 12.0. The summed E-state index contributed by atoms with van der Waals surface area (Å²) in [5.74, 6) is 0.246. The predicted molar refractivity (Wildman–Crippen MR) is 117 cm³/mol. The van der Waals surface area contributed by atoms with Gasteiger partial charge in [-0.25, -0.2) is 13.4 Å². The predicted octanol–water partition coefficient (Wildman–Crippen LogP) is 2.00. The van der Waals surface area contributed by atoms with Crippen LogP contribution in [0.2, 0.25) is 0 Å². The molecule has 1 fully saturated rings. The first-order valence-corrected chi connectivity index (χ1v) is 13.6. The highest BCUT2D eigenvalue weighted by atomic mass is 32.2. The van der Waals surface area contributed by atoms with Crippen LogP contribution >= 0.6 is 23.1 Å². The lowest BCUT2D eigenvalue weighted by atomic mass is 10.2. The van der Waals surface area contributed by atoms with Gasteiger partial charge >= 0.3 is 0 Å². The molecular formula is C19H25N3O4S3. The Morgan fingerprint density at radius 3 is 2.86 bits per heavy atom. The number of carbonyl (C=O) groups is 1. The third kappa shape index (κ3) is 3.98. The molecular weight excluding hydrogens is 430 g/mol. The summed E-state index contributed by atoms with van der Waals surface area (Å²) in [5, 5.41) is 1.27. The smallest absolute Gasteiger partial charge is 0.262 e. The highest BCUT2D eigenvalue weighted by Crippen LogP contribution is 2.35. The van der Waals surface area contributed by atoms with Gasteiger partial charge in [-0.2, -0.15) is 0 Å². The molecule has 4 rings (SSSR count). The number of hydrogen-bond donors (Lipinski definition) is 0. The average molecular weight is 456 g/mol. The number of sulfone groups is 1. The van der Waals surface area contributed by atoms with E-state index in [1.54, 1.807) is 23.3 Å². The number of hydrogen-bond acceptors (Lipinski definition) is 7. The van der Waals surface area contributed by atoms with Gasteiger partial charge in [-0.3, -0.25) is 14.2 Å². The minimum Gasteiger partial charge on any atom is -0.338 e. The first-order valence-electron chi connectivity index (χ1n) is 9.94. The van der Waals surface area contributed by atoms with Gasteiger partial charge in [-0.15, -0.1) is 11.3 Å². The topological polar surface area (TPSA) is 89.3 Å². The van der Waals surface area contributed by atoms with Crippen molar-refractivity contribution in [2.45, 2.75) is 50.2 Å². The van der Waals surface area contributed by atoms with Crippen molar-refractivity contribution in [3.05, 3.63) is 20.8 Å². The van der Waals surface area contributed by atoms with Gasteiger partial charge < -0.3 is 4.90 Å². The van der Waals surface area contributed by atoms with E-state index < -0.39 is 9.84 Å². The van der Waals surface area contributed by atoms with Crippen LogP contribution in [0.3, 0.4) is 0 Å². The molecule has 1 atom stereocenters. The largest absolute Gasteiger partial charge is 0.338 e. The van der Waals surface area contributed by atoms with Crippen LogP contribution in [0.1, 0.15) is 36.6 Å². The maximum absolute atomic E-state index is 12.9. The normalized spacial score (nSPS) is 20.3. The number of fused-ring (bicyclic) bond motifs is 3. The van der Waals surface area contributed by atoms with Crippen LogP contribution in [-0.4, -0.2) is 58.6 Å². The lowest BCUT2D eigenvalue weighted by Gasteiger charge is -2.27. The molecule has 0 spiro atoms. The summed E-state index contributed by atoms with van der Waals surface area (Å²) in [7, 11) is -1.35. The molecule has 0 saturated carbocycles. The van der Waals surface area contributed by atoms with Gasteiger partial charge in [0.15, 0.2) is 15.0 Å². The number of carbonyl (C=O) groups excluding carboxylic acids is 1. The fraction of sp³-hybridized carbons (Fsp3) is 0.632. The highest BCUT2D eigenvalue weighted by molar-refractivity contribution is 7.99. The van der Waals surface area contributed by atoms with E-state index in [2.05, 4.69) is 4.98 Å². The van der Waals surface area contributed by atoms with E-state index in [-0.39, 0.29) is 34.8 Å². The van der Waals surface area contributed by atoms with E-state index in [1.165, 1.54) is 21.2 Å². The van der Waals surface area contributed by atoms with E-state index in [0.29, 0.717) is 18.1 Å². The fourth-order valence-electron chi connectivity index (χ4n) is 4.22. The fourth-order valence-corrected chi connectivity index (χ4v) is 8.11. The third-order valence-corrected chi connectivity index (χ3v) is 9.61. The van der Waals surface area contributed by atoms with Crippen molar-refractivity contribution in [2.24, 2.45) is 7.05 Å². The monoisotopic (exact) mass is 455 g/mol. The van der Waals surface area contributed by atoms with E-state index in [4.69, 9.17) is 0 Å². The number of thiophene rings is 1. The standard InChI is InChI=1S/C19H25N3O4S3/c1-3-8-22(12-7-9-29(25,26)11-12)15(23)10-27-19-20-17-16(18(24)21(19)2)13-5-4-6-14(13)28-17/h12H,3-11H2,1-2H3/t12-/m0/s1. The summed E-state index contributed by atoms with van der Waals surface area (Å²) >= 11 is 2.85. The number of thioether (sulfide) groups is 1. The zero-order chi connectivity index (χ0) is 20.8. The molecule has 0 aromatic carbocycles. The highest BCUT2D eigenvalue weighted by Gasteiger charge is 2.34. The molecule has 2 aliphatic rings.